The molecule has 1 rings (SSSR count). The molecule has 24 heavy (non-hydrogen) atoms. The van der Waals surface area contributed by atoms with Gasteiger partial charge >= 0.3 is 5.97 Å². The van der Waals surface area contributed by atoms with Crippen LogP contribution >= 0.6 is 0 Å². The van der Waals surface area contributed by atoms with Gasteiger partial charge < -0.3 is 18.9 Å². The number of esters is 1. The van der Waals surface area contributed by atoms with Crippen molar-refractivity contribution in [3.8, 4) is 11.5 Å². The molecule has 0 aliphatic rings. The summed E-state index contributed by atoms with van der Waals surface area (Å²) in [5.74, 6) is 1.58. The van der Waals surface area contributed by atoms with Crippen LogP contribution < -0.4 is 9.47 Å². The maximum absolute atomic E-state index is 11.5. The van der Waals surface area contributed by atoms with E-state index in [1.165, 1.54) is 5.56 Å². The van der Waals surface area contributed by atoms with E-state index in [9.17, 15) is 4.79 Å². The zero-order chi connectivity index (χ0) is 18.2. The molecule has 0 spiro atoms. The number of hydrogen-bond donors (Lipinski definition) is 0. The summed E-state index contributed by atoms with van der Waals surface area (Å²) in [6, 6.07) is 5.89. The summed E-state index contributed by atoms with van der Waals surface area (Å²) >= 11 is 0. The minimum atomic E-state index is -0.496. The summed E-state index contributed by atoms with van der Waals surface area (Å²) in [7, 11) is 1.64. The van der Waals surface area contributed by atoms with Crippen LogP contribution in [0.15, 0.2) is 18.2 Å². The lowest BCUT2D eigenvalue weighted by Crippen LogP contribution is -2.27. The van der Waals surface area contributed by atoms with Gasteiger partial charge in [-0.3, -0.25) is 0 Å². The second-order valence-corrected chi connectivity index (χ2v) is 6.74. The largest absolute Gasteiger partial charge is 0.497 e. The van der Waals surface area contributed by atoms with E-state index in [0.717, 1.165) is 17.9 Å². The van der Waals surface area contributed by atoms with Crippen molar-refractivity contribution >= 4 is 5.97 Å². The van der Waals surface area contributed by atoms with E-state index in [0.29, 0.717) is 19.1 Å². The van der Waals surface area contributed by atoms with Gasteiger partial charge in [-0.05, 0) is 50.8 Å². The quantitative estimate of drug-likeness (QED) is 0.504. The summed E-state index contributed by atoms with van der Waals surface area (Å²) in [5, 5.41) is 0. The molecule has 0 aromatic heterocycles. The van der Waals surface area contributed by atoms with Crippen LogP contribution in [0, 0.1) is 0 Å². The van der Waals surface area contributed by atoms with Crippen LogP contribution in [0.1, 0.15) is 52.5 Å². The first-order valence-corrected chi connectivity index (χ1v) is 8.36. The third-order valence-electron chi connectivity index (χ3n) is 3.46. The second kappa shape index (κ2) is 9.52. The van der Waals surface area contributed by atoms with Crippen molar-refractivity contribution in [2.75, 3.05) is 26.9 Å². The van der Waals surface area contributed by atoms with Gasteiger partial charge in [0.25, 0.3) is 0 Å². The Bertz CT molecular complexity index is 519. The first-order valence-electron chi connectivity index (χ1n) is 8.36. The molecule has 1 unspecified atom stereocenters. The Labute approximate surface area is 145 Å². The minimum absolute atomic E-state index is 0.0726. The van der Waals surface area contributed by atoms with Gasteiger partial charge in [0.05, 0.1) is 13.7 Å². The molecule has 0 amide bonds. The number of methoxy groups -OCH3 is 1. The molecule has 5 nitrogen and oxygen atoms in total. The molecule has 0 radical (unpaired) electrons. The molecule has 0 aliphatic carbocycles. The molecule has 0 heterocycles. The van der Waals surface area contributed by atoms with E-state index < -0.39 is 5.60 Å². The third-order valence-corrected chi connectivity index (χ3v) is 3.46. The van der Waals surface area contributed by atoms with E-state index in [-0.39, 0.29) is 12.6 Å². The number of benzene rings is 1. The van der Waals surface area contributed by atoms with Crippen molar-refractivity contribution in [3.63, 3.8) is 0 Å². The summed E-state index contributed by atoms with van der Waals surface area (Å²) in [6.45, 7) is 10.4. The Hall–Kier alpha value is -1.75. The van der Waals surface area contributed by atoms with Crippen LogP contribution in [0.5, 0.6) is 11.5 Å². The molecule has 1 aromatic carbocycles. The molecule has 0 N–H and O–H groups in total. The predicted molar refractivity (Wildman–Crippen MR) is 93.9 cm³/mol. The molecule has 0 aliphatic heterocycles. The lowest BCUT2D eigenvalue weighted by atomic mass is 9.98. The normalized spacial score (nSPS) is 12.6. The van der Waals surface area contributed by atoms with E-state index in [4.69, 9.17) is 18.9 Å². The Morgan fingerprint density at radius 1 is 1.12 bits per heavy atom. The zero-order valence-corrected chi connectivity index (χ0v) is 15.7. The van der Waals surface area contributed by atoms with Gasteiger partial charge in [-0.1, -0.05) is 13.8 Å². The number of carbonyl (C=O) groups excluding carboxylic acids is 1. The van der Waals surface area contributed by atoms with Crippen LogP contribution in [0.3, 0.4) is 0 Å². The standard InChI is InChI=1S/C19H30O5/c1-7-14(2)15-10-16(21-6)12-17(11-15)23-9-8-22-13-18(20)24-19(3,4)5/h10-12,14H,7-9,13H2,1-6H3. The molecule has 5 heteroatoms. The minimum Gasteiger partial charge on any atom is -0.497 e. The average Bonchev–Trinajstić information content (AvgIpc) is 2.51. The monoisotopic (exact) mass is 338 g/mol. The smallest absolute Gasteiger partial charge is 0.332 e. The maximum Gasteiger partial charge on any atom is 0.332 e. The van der Waals surface area contributed by atoms with E-state index in [1.54, 1.807) is 7.11 Å². The molecule has 0 saturated carbocycles. The third kappa shape index (κ3) is 7.68. The number of rotatable bonds is 9. The van der Waals surface area contributed by atoms with E-state index in [1.807, 2.05) is 39.0 Å². The van der Waals surface area contributed by atoms with Crippen molar-refractivity contribution in [2.45, 2.75) is 52.6 Å². The van der Waals surface area contributed by atoms with Crippen LogP contribution in [0.2, 0.25) is 0 Å². The Kier molecular flexibility index (Phi) is 8.05. The van der Waals surface area contributed by atoms with Gasteiger partial charge in [-0.2, -0.15) is 0 Å². The van der Waals surface area contributed by atoms with Crippen molar-refractivity contribution in [3.05, 3.63) is 23.8 Å². The summed E-state index contributed by atoms with van der Waals surface area (Å²) in [4.78, 5) is 11.5. The van der Waals surface area contributed by atoms with Gasteiger partial charge in [0, 0.05) is 6.07 Å². The van der Waals surface area contributed by atoms with Crippen LogP contribution in [0.4, 0.5) is 0 Å². The highest BCUT2D eigenvalue weighted by atomic mass is 16.6. The highest BCUT2D eigenvalue weighted by Crippen LogP contribution is 2.28. The topological polar surface area (TPSA) is 54.0 Å². The van der Waals surface area contributed by atoms with Crippen molar-refractivity contribution in [1.29, 1.82) is 0 Å². The van der Waals surface area contributed by atoms with Crippen LogP contribution in [0.25, 0.3) is 0 Å². The summed E-state index contributed by atoms with van der Waals surface area (Å²) < 4.78 is 21.5. The van der Waals surface area contributed by atoms with Crippen LogP contribution in [-0.2, 0) is 14.3 Å². The van der Waals surface area contributed by atoms with Gasteiger partial charge in [0.2, 0.25) is 0 Å². The molecule has 136 valence electrons. The van der Waals surface area contributed by atoms with Crippen LogP contribution in [-0.4, -0.2) is 38.5 Å². The number of ether oxygens (including phenoxy) is 4. The highest BCUT2D eigenvalue weighted by Gasteiger charge is 2.16. The Balaban J connectivity index is 2.43. The lowest BCUT2D eigenvalue weighted by molar-refractivity contribution is -0.160. The summed E-state index contributed by atoms with van der Waals surface area (Å²) in [6.07, 6.45) is 1.05. The van der Waals surface area contributed by atoms with E-state index >= 15 is 0 Å². The van der Waals surface area contributed by atoms with Crippen molar-refractivity contribution in [2.24, 2.45) is 0 Å². The zero-order valence-electron chi connectivity index (χ0n) is 15.7. The molecule has 0 fully saturated rings. The fourth-order valence-electron chi connectivity index (χ4n) is 2.06. The molecule has 1 atom stereocenters. The molecule has 1 aromatic rings. The highest BCUT2D eigenvalue weighted by molar-refractivity contribution is 5.71. The Morgan fingerprint density at radius 3 is 2.38 bits per heavy atom. The predicted octanol–water partition coefficient (Wildman–Crippen LogP) is 3.95. The SMILES string of the molecule is CCC(C)c1cc(OC)cc(OCCOCC(=O)OC(C)(C)C)c1. The first kappa shape index (κ1) is 20.3. The fraction of sp³-hybridized carbons (Fsp3) is 0.632. The maximum atomic E-state index is 11.5. The van der Waals surface area contributed by atoms with Crippen molar-refractivity contribution in [1.82, 2.24) is 0 Å². The molecule has 0 saturated heterocycles. The van der Waals surface area contributed by atoms with Gasteiger partial charge in [-0.15, -0.1) is 0 Å². The lowest BCUT2D eigenvalue weighted by Gasteiger charge is -2.19. The fourth-order valence-corrected chi connectivity index (χ4v) is 2.06. The molecule has 0 bridgehead atoms. The first-order chi connectivity index (χ1) is 11.2. The number of hydrogen-bond acceptors (Lipinski definition) is 5. The Morgan fingerprint density at radius 2 is 1.79 bits per heavy atom. The van der Waals surface area contributed by atoms with Crippen molar-refractivity contribution < 1.29 is 23.7 Å². The average molecular weight is 338 g/mol. The second-order valence-electron chi connectivity index (χ2n) is 6.74. The van der Waals surface area contributed by atoms with E-state index in [2.05, 4.69) is 13.8 Å². The van der Waals surface area contributed by atoms with Gasteiger partial charge in [-0.25, -0.2) is 4.79 Å². The molecular weight excluding hydrogens is 308 g/mol. The van der Waals surface area contributed by atoms with Gasteiger partial charge in [0.1, 0.15) is 30.3 Å². The molecular formula is C19H30O5. The number of carbonyl (C=O) groups is 1. The van der Waals surface area contributed by atoms with Gasteiger partial charge in [0.15, 0.2) is 0 Å². The summed E-state index contributed by atoms with van der Waals surface area (Å²) in [5.41, 5.74) is 0.686.